The standard InChI is InChI=1S/C24H27FN2O2S2/c1-15(2)24(29)31-21-9-11-27(14-17(21)13-18-10-12-30-26-18)22(23(28)16-7-8-16)19-5-3-4-6-20(19)25/h3-6,10,12-13,15-16,21-22H,7-9,11,14H2,1-2H3/b17-13+. The summed E-state index contributed by atoms with van der Waals surface area (Å²) in [5, 5.41) is 2.14. The maximum atomic E-state index is 14.7. The molecule has 4 nitrogen and oxygen atoms in total. The van der Waals surface area contributed by atoms with Crippen molar-refractivity contribution in [1.82, 2.24) is 9.27 Å². The molecule has 2 heterocycles. The highest BCUT2D eigenvalue weighted by Gasteiger charge is 2.41. The van der Waals surface area contributed by atoms with Crippen molar-refractivity contribution in [1.29, 1.82) is 0 Å². The van der Waals surface area contributed by atoms with Crippen molar-refractivity contribution < 1.29 is 14.0 Å². The minimum atomic E-state index is -0.584. The molecule has 1 saturated carbocycles. The predicted octanol–water partition coefficient (Wildman–Crippen LogP) is 5.38. The predicted molar refractivity (Wildman–Crippen MR) is 124 cm³/mol. The fraction of sp³-hybridized carbons (Fsp3) is 0.458. The van der Waals surface area contributed by atoms with Gasteiger partial charge in [0.15, 0.2) is 10.9 Å². The summed E-state index contributed by atoms with van der Waals surface area (Å²) in [5.74, 6) is -0.225. The number of likely N-dealkylation sites (tertiary alicyclic amines) is 1. The second-order valence-electron chi connectivity index (χ2n) is 8.58. The highest BCUT2D eigenvalue weighted by Crippen LogP contribution is 2.41. The van der Waals surface area contributed by atoms with E-state index in [4.69, 9.17) is 0 Å². The lowest BCUT2D eigenvalue weighted by atomic mass is 9.93. The molecule has 1 aliphatic carbocycles. The third-order valence-electron chi connectivity index (χ3n) is 5.81. The van der Waals surface area contributed by atoms with Crippen LogP contribution in [0.4, 0.5) is 4.39 Å². The largest absolute Gasteiger partial charge is 0.297 e. The van der Waals surface area contributed by atoms with Gasteiger partial charge in [-0.3, -0.25) is 14.5 Å². The van der Waals surface area contributed by atoms with E-state index in [2.05, 4.69) is 9.27 Å². The van der Waals surface area contributed by atoms with Crippen LogP contribution in [0.5, 0.6) is 0 Å². The number of rotatable bonds is 7. The van der Waals surface area contributed by atoms with Crippen LogP contribution in [0.2, 0.25) is 0 Å². The highest BCUT2D eigenvalue weighted by molar-refractivity contribution is 8.14. The van der Waals surface area contributed by atoms with Gasteiger partial charge in [0.1, 0.15) is 5.82 Å². The molecule has 2 atom stereocenters. The number of carbonyl (C=O) groups excluding carboxylic acids is 2. The Kier molecular flexibility index (Phi) is 7.04. The number of carbonyl (C=O) groups is 2. The molecule has 0 amide bonds. The molecule has 1 saturated heterocycles. The Morgan fingerprint density at radius 1 is 1.23 bits per heavy atom. The molecule has 0 radical (unpaired) electrons. The number of aromatic nitrogens is 1. The van der Waals surface area contributed by atoms with Gasteiger partial charge >= 0.3 is 0 Å². The lowest BCUT2D eigenvalue weighted by Crippen LogP contribution is -2.43. The first-order valence-electron chi connectivity index (χ1n) is 10.8. The highest BCUT2D eigenvalue weighted by atomic mass is 32.2. The van der Waals surface area contributed by atoms with Crippen molar-refractivity contribution in [2.75, 3.05) is 13.1 Å². The van der Waals surface area contributed by atoms with Crippen LogP contribution in [0.15, 0.2) is 41.3 Å². The van der Waals surface area contributed by atoms with Crippen molar-refractivity contribution in [3.05, 3.63) is 58.4 Å². The molecule has 164 valence electrons. The van der Waals surface area contributed by atoms with E-state index in [9.17, 15) is 14.0 Å². The molecule has 4 rings (SSSR count). The van der Waals surface area contributed by atoms with E-state index in [1.807, 2.05) is 31.4 Å². The van der Waals surface area contributed by atoms with Crippen LogP contribution in [0.1, 0.15) is 50.4 Å². The number of hydrogen-bond donors (Lipinski definition) is 0. The summed E-state index contributed by atoms with van der Waals surface area (Å²) in [4.78, 5) is 27.8. The van der Waals surface area contributed by atoms with Gasteiger partial charge < -0.3 is 0 Å². The van der Waals surface area contributed by atoms with Gasteiger partial charge in [-0.15, -0.1) is 0 Å². The molecule has 2 fully saturated rings. The molecule has 7 heteroatoms. The number of piperidine rings is 1. The number of thioether (sulfide) groups is 1. The average Bonchev–Trinajstić information content (AvgIpc) is 3.48. The van der Waals surface area contributed by atoms with Crippen LogP contribution >= 0.6 is 23.3 Å². The summed E-state index contributed by atoms with van der Waals surface area (Å²) in [6.07, 6.45) is 4.55. The first-order valence-corrected chi connectivity index (χ1v) is 12.5. The minimum absolute atomic E-state index is 0.0326. The van der Waals surface area contributed by atoms with Gasteiger partial charge in [0, 0.05) is 41.1 Å². The minimum Gasteiger partial charge on any atom is -0.297 e. The van der Waals surface area contributed by atoms with Crippen molar-refractivity contribution in [3.8, 4) is 0 Å². The number of ketones is 1. The number of Topliss-reactive ketones (excluding diaryl/α,β-unsaturated/α-hetero) is 1. The smallest absolute Gasteiger partial charge is 0.192 e. The SMILES string of the molecule is CC(C)C(=O)SC1CCN(C(C(=O)C2CC2)c2ccccc2F)C/C1=C\c1ccsn1. The van der Waals surface area contributed by atoms with Crippen LogP contribution in [0.3, 0.4) is 0 Å². The van der Waals surface area contributed by atoms with Crippen molar-refractivity contribution in [2.24, 2.45) is 11.8 Å². The molecule has 1 aliphatic heterocycles. The Balaban J connectivity index is 1.64. The normalized spacial score (nSPS) is 22.1. The molecule has 0 N–H and O–H groups in total. The van der Waals surface area contributed by atoms with Crippen molar-refractivity contribution in [2.45, 2.75) is 44.4 Å². The van der Waals surface area contributed by atoms with E-state index in [-0.39, 0.29) is 33.8 Å². The summed E-state index contributed by atoms with van der Waals surface area (Å²) in [7, 11) is 0. The molecule has 31 heavy (non-hydrogen) atoms. The lowest BCUT2D eigenvalue weighted by molar-refractivity contribution is -0.126. The number of hydrogen-bond acceptors (Lipinski definition) is 6. The first kappa shape index (κ1) is 22.4. The second kappa shape index (κ2) is 9.76. The average molecular weight is 459 g/mol. The Bertz CT molecular complexity index is 970. The maximum Gasteiger partial charge on any atom is 0.192 e. The van der Waals surface area contributed by atoms with Crippen LogP contribution in [-0.2, 0) is 9.59 Å². The Morgan fingerprint density at radius 3 is 2.65 bits per heavy atom. The van der Waals surface area contributed by atoms with Gasteiger partial charge in [0.2, 0.25) is 0 Å². The number of nitrogens with zero attached hydrogens (tertiary/aromatic N) is 2. The molecular formula is C24H27FN2O2S2. The molecule has 1 aromatic heterocycles. The Hall–Kier alpha value is -1.83. The third kappa shape index (κ3) is 5.33. The first-order chi connectivity index (χ1) is 14.9. The van der Waals surface area contributed by atoms with Gasteiger partial charge in [-0.1, -0.05) is 43.8 Å². The van der Waals surface area contributed by atoms with Gasteiger partial charge in [0.05, 0.1) is 11.7 Å². The van der Waals surface area contributed by atoms with E-state index in [0.29, 0.717) is 18.7 Å². The van der Waals surface area contributed by atoms with E-state index >= 15 is 0 Å². The number of halogens is 1. The quantitative estimate of drug-likeness (QED) is 0.558. The fourth-order valence-electron chi connectivity index (χ4n) is 3.96. The van der Waals surface area contributed by atoms with Crippen LogP contribution in [0.25, 0.3) is 6.08 Å². The fourth-order valence-corrected chi connectivity index (χ4v) is 5.52. The lowest BCUT2D eigenvalue weighted by Gasteiger charge is -2.38. The monoisotopic (exact) mass is 458 g/mol. The van der Waals surface area contributed by atoms with Gasteiger partial charge in [-0.25, -0.2) is 4.39 Å². The van der Waals surface area contributed by atoms with Crippen LogP contribution in [0, 0.1) is 17.7 Å². The number of benzene rings is 1. The third-order valence-corrected chi connectivity index (χ3v) is 7.91. The molecule has 1 aromatic carbocycles. The summed E-state index contributed by atoms with van der Waals surface area (Å²) >= 11 is 2.77. The second-order valence-corrected chi connectivity index (χ2v) is 10.5. The zero-order valence-electron chi connectivity index (χ0n) is 17.8. The molecule has 2 aliphatic rings. The van der Waals surface area contributed by atoms with E-state index < -0.39 is 6.04 Å². The molecule has 0 bridgehead atoms. The zero-order valence-corrected chi connectivity index (χ0v) is 19.4. The van der Waals surface area contributed by atoms with Crippen LogP contribution in [-0.4, -0.2) is 38.5 Å². The van der Waals surface area contributed by atoms with E-state index in [1.54, 1.807) is 18.2 Å². The van der Waals surface area contributed by atoms with Gasteiger partial charge in [-0.2, -0.15) is 4.37 Å². The molecule has 0 spiro atoms. The van der Waals surface area contributed by atoms with Crippen molar-refractivity contribution >= 4 is 40.3 Å². The summed E-state index contributed by atoms with van der Waals surface area (Å²) in [5.41, 5.74) is 2.39. The van der Waals surface area contributed by atoms with E-state index in [0.717, 1.165) is 30.5 Å². The Morgan fingerprint density at radius 2 is 2.00 bits per heavy atom. The topological polar surface area (TPSA) is 50.3 Å². The Labute approximate surface area is 191 Å². The summed E-state index contributed by atoms with van der Waals surface area (Å²) in [6, 6.07) is 7.98. The summed E-state index contributed by atoms with van der Waals surface area (Å²) < 4.78 is 19.1. The van der Waals surface area contributed by atoms with Crippen molar-refractivity contribution in [3.63, 3.8) is 0 Å². The van der Waals surface area contributed by atoms with Gasteiger partial charge in [0.25, 0.3) is 0 Å². The summed E-state index contributed by atoms with van der Waals surface area (Å²) in [6.45, 7) is 5.00. The molecule has 2 unspecified atom stereocenters. The van der Waals surface area contributed by atoms with Crippen LogP contribution < -0.4 is 0 Å². The zero-order chi connectivity index (χ0) is 22.0. The van der Waals surface area contributed by atoms with Gasteiger partial charge in [-0.05, 0) is 54.6 Å². The maximum absolute atomic E-state index is 14.7. The van der Waals surface area contributed by atoms with E-state index in [1.165, 1.54) is 29.4 Å². The molecule has 2 aromatic rings. The molecular weight excluding hydrogens is 431 g/mol.